The van der Waals surface area contributed by atoms with Gasteiger partial charge in [0.1, 0.15) is 0 Å². The molecule has 0 fully saturated rings. The summed E-state index contributed by atoms with van der Waals surface area (Å²) in [5.74, 6) is 0.226. The maximum atomic E-state index is 12.0. The lowest BCUT2D eigenvalue weighted by molar-refractivity contribution is 0.318. The van der Waals surface area contributed by atoms with Crippen LogP contribution in [0.4, 0.5) is 0 Å². The zero-order chi connectivity index (χ0) is 16.0. The molecule has 2 rings (SSSR count). The maximum absolute atomic E-state index is 12.0. The number of sulfonamides is 1. The molecule has 0 aliphatic rings. The third-order valence-electron chi connectivity index (χ3n) is 2.76. The van der Waals surface area contributed by atoms with Crippen molar-refractivity contribution < 1.29 is 18.3 Å². The fraction of sp³-hybridized carbons (Fsp3) is 0.133. The van der Waals surface area contributed by atoms with E-state index in [1.807, 2.05) is 0 Å². The van der Waals surface area contributed by atoms with E-state index in [4.69, 9.17) is 4.74 Å². The van der Waals surface area contributed by atoms with Crippen LogP contribution in [0.5, 0.6) is 11.5 Å². The lowest BCUT2D eigenvalue weighted by Gasteiger charge is -2.07. The molecule has 6 nitrogen and oxygen atoms in total. The highest BCUT2D eigenvalue weighted by molar-refractivity contribution is 7.89. The third-order valence-corrected chi connectivity index (χ3v) is 4.00. The van der Waals surface area contributed by atoms with Gasteiger partial charge >= 0.3 is 0 Å². The number of aromatic hydroxyl groups is 1. The predicted octanol–water partition coefficient (Wildman–Crippen LogP) is 2.10. The summed E-state index contributed by atoms with van der Waals surface area (Å²) >= 11 is 0. The number of phenolic OH excluding ortho intramolecular Hbond substituents is 1. The van der Waals surface area contributed by atoms with Gasteiger partial charge in [0.15, 0.2) is 11.5 Å². The summed E-state index contributed by atoms with van der Waals surface area (Å²) in [6.45, 7) is 2.21. The van der Waals surface area contributed by atoms with Crippen LogP contribution in [0.2, 0.25) is 0 Å². The molecule has 0 aliphatic heterocycles. The molecular weight excluding hydrogens is 304 g/mol. The monoisotopic (exact) mass is 320 g/mol. The zero-order valence-electron chi connectivity index (χ0n) is 11.9. The van der Waals surface area contributed by atoms with E-state index in [0.29, 0.717) is 17.9 Å². The van der Waals surface area contributed by atoms with Crippen LogP contribution in [0, 0.1) is 0 Å². The summed E-state index contributed by atoms with van der Waals surface area (Å²) in [5.41, 5.74) is 0.349. The van der Waals surface area contributed by atoms with Gasteiger partial charge < -0.3 is 9.84 Å². The molecule has 2 N–H and O–H groups in total. The van der Waals surface area contributed by atoms with Crippen molar-refractivity contribution in [2.45, 2.75) is 11.8 Å². The smallest absolute Gasteiger partial charge is 0.276 e. The van der Waals surface area contributed by atoms with Crippen molar-refractivity contribution in [2.75, 3.05) is 6.61 Å². The highest BCUT2D eigenvalue weighted by Gasteiger charge is 2.11. The SMILES string of the molecule is CCOc1cccc(/C=N/NS(=O)(=O)c2ccccc2)c1O. The second kappa shape index (κ2) is 6.95. The summed E-state index contributed by atoms with van der Waals surface area (Å²) in [4.78, 5) is 2.20. The Bertz CT molecular complexity index is 758. The number of benzene rings is 2. The van der Waals surface area contributed by atoms with Gasteiger partial charge in [0.25, 0.3) is 10.0 Å². The van der Waals surface area contributed by atoms with Gasteiger partial charge in [-0.15, -0.1) is 0 Å². The number of hydrogen-bond donors (Lipinski definition) is 2. The van der Waals surface area contributed by atoms with E-state index in [9.17, 15) is 13.5 Å². The van der Waals surface area contributed by atoms with Gasteiger partial charge in [-0.3, -0.25) is 0 Å². The Balaban J connectivity index is 2.15. The van der Waals surface area contributed by atoms with E-state index in [1.54, 1.807) is 43.3 Å². The van der Waals surface area contributed by atoms with Crippen LogP contribution >= 0.6 is 0 Å². The van der Waals surface area contributed by atoms with Crippen molar-refractivity contribution >= 4 is 16.2 Å². The number of rotatable bonds is 6. The fourth-order valence-corrected chi connectivity index (χ4v) is 2.55. The Morgan fingerprint density at radius 2 is 1.91 bits per heavy atom. The summed E-state index contributed by atoms with van der Waals surface area (Å²) < 4.78 is 29.2. The summed E-state index contributed by atoms with van der Waals surface area (Å²) in [6, 6.07) is 12.8. The minimum Gasteiger partial charge on any atom is -0.504 e. The van der Waals surface area contributed by atoms with Gasteiger partial charge in [0.05, 0.1) is 17.7 Å². The number of hydrazone groups is 1. The second-order valence-corrected chi connectivity index (χ2v) is 5.95. The van der Waals surface area contributed by atoms with Crippen molar-refractivity contribution in [1.82, 2.24) is 4.83 Å². The molecule has 2 aromatic carbocycles. The fourth-order valence-electron chi connectivity index (χ4n) is 1.73. The molecule has 0 unspecified atom stereocenters. The Kier molecular flexibility index (Phi) is 5.00. The Morgan fingerprint density at radius 1 is 1.18 bits per heavy atom. The normalized spacial score (nSPS) is 11.5. The molecule has 0 heterocycles. The Hall–Kier alpha value is -2.54. The van der Waals surface area contributed by atoms with Gasteiger partial charge in [0.2, 0.25) is 0 Å². The van der Waals surface area contributed by atoms with Crippen LogP contribution in [-0.4, -0.2) is 26.3 Å². The topological polar surface area (TPSA) is 88.0 Å². The van der Waals surface area contributed by atoms with Crippen LogP contribution in [0.25, 0.3) is 0 Å². The van der Waals surface area contributed by atoms with Crippen LogP contribution in [0.1, 0.15) is 12.5 Å². The van der Waals surface area contributed by atoms with Crippen LogP contribution in [-0.2, 0) is 10.0 Å². The van der Waals surface area contributed by atoms with Gasteiger partial charge in [-0.1, -0.05) is 24.3 Å². The number of nitrogens with zero attached hydrogens (tertiary/aromatic N) is 1. The van der Waals surface area contributed by atoms with Gasteiger partial charge in [-0.25, -0.2) is 4.83 Å². The summed E-state index contributed by atoms with van der Waals surface area (Å²) in [7, 11) is -3.72. The van der Waals surface area contributed by atoms with Crippen molar-refractivity contribution in [1.29, 1.82) is 0 Å². The molecule has 7 heteroatoms. The first-order chi connectivity index (χ1) is 10.5. The van der Waals surface area contributed by atoms with E-state index in [-0.39, 0.29) is 10.6 Å². The molecule has 0 amide bonds. The van der Waals surface area contributed by atoms with Crippen molar-refractivity contribution in [2.24, 2.45) is 5.10 Å². The molecule has 0 aromatic heterocycles. The first-order valence-electron chi connectivity index (χ1n) is 6.59. The largest absolute Gasteiger partial charge is 0.504 e. The molecule has 0 saturated carbocycles. The number of ether oxygens (including phenoxy) is 1. The average molecular weight is 320 g/mol. The molecule has 0 bridgehead atoms. The Labute approximate surface area is 129 Å². The van der Waals surface area contributed by atoms with Crippen molar-refractivity contribution in [3.63, 3.8) is 0 Å². The molecule has 0 radical (unpaired) electrons. The first kappa shape index (κ1) is 15.8. The quantitative estimate of drug-likeness (QED) is 0.630. The molecule has 0 aliphatic carbocycles. The zero-order valence-corrected chi connectivity index (χ0v) is 12.7. The lowest BCUT2D eigenvalue weighted by Crippen LogP contribution is -2.18. The van der Waals surface area contributed by atoms with Gasteiger partial charge in [-0.2, -0.15) is 13.5 Å². The van der Waals surface area contributed by atoms with Crippen LogP contribution < -0.4 is 9.57 Å². The minimum absolute atomic E-state index is 0.0907. The van der Waals surface area contributed by atoms with E-state index < -0.39 is 10.0 Å². The number of nitrogens with one attached hydrogen (secondary N) is 1. The predicted molar refractivity (Wildman–Crippen MR) is 83.6 cm³/mol. The average Bonchev–Trinajstić information content (AvgIpc) is 2.52. The molecule has 116 valence electrons. The number of hydrogen-bond acceptors (Lipinski definition) is 5. The molecule has 0 atom stereocenters. The first-order valence-corrected chi connectivity index (χ1v) is 8.07. The van der Waals surface area contributed by atoms with E-state index >= 15 is 0 Å². The van der Waals surface area contributed by atoms with Gasteiger partial charge in [-0.05, 0) is 31.2 Å². The molecule has 0 spiro atoms. The Morgan fingerprint density at radius 3 is 2.59 bits per heavy atom. The van der Waals surface area contributed by atoms with E-state index in [1.165, 1.54) is 18.3 Å². The highest BCUT2D eigenvalue weighted by atomic mass is 32.2. The van der Waals surface area contributed by atoms with Crippen molar-refractivity contribution in [3.05, 3.63) is 54.1 Å². The van der Waals surface area contributed by atoms with Crippen LogP contribution in [0.15, 0.2) is 58.5 Å². The maximum Gasteiger partial charge on any atom is 0.276 e. The number of para-hydroxylation sites is 1. The van der Waals surface area contributed by atoms with Gasteiger partial charge in [0, 0.05) is 5.56 Å². The molecule has 0 saturated heterocycles. The second-order valence-electron chi connectivity index (χ2n) is 4.29. The molecule has 22 heavy (non-hydrogen) atoms. The summed E-state index contributed by atoms with van der Waals surface area (Å²) in [5, 5.41) is 13.6. The molecular formula is C15H16N2O4S. The highest BCUT2D eigenvalue weighted by Crippen LogP contribution is 2.28. The lowest BCUT2D eigenvalue weighted by atomic mass is 10.2. The van der Waals surface area contributed by atoms with Crippen molar-refractivity contribution in [3.8, 4) is 11.5 Å². The standard InChI is InChI=1S/C15H16N2O4S/c1-2-21-14-10-6-7-12(15(14)18)11-16-17-22(19,20)13-8-4-3-5-9-13/h3-11,17-18H,2H2,1H3/b16-11+. The van der Waals surface area contributed by atoms with E-state index in [0.717, 1.165) is 0 Å². The van der Waals surface area contributed by atoms with E-state index in [2.05, 4.69) is 9.93 Å². The van der Waals surface area contributed by atoms with Crippen LogP contribution in [0.3, 0.4) is 0 Å². The number of phenols is 1. The summed E-state index contributed by atoms with van der Waals surface area (Å²) in [6.07, 6.45) is 1.22. The third kappa shape index (κ3) is 3.76. The minimum atomic E-state index is -3.72. The molecule has 2 aromatic rings.